The van der Waals surface area contributed by atoms with Crippen LogP contribution in [0.4, 0.5) is 0 Å². The van der Waals surface area contributed by atoms with Crippen LogP contribution in [-0.4, -0.2) is 6.54 Å². The molecular formula is C20H27N. The van der Waals surface area contributed by atoms with E-state index in [4.69, 9.17) is 0 Å². The fraction of sp³-hybridized carbons (Fsp3) is 0.400. The molecule has 0 radical (unpaired) electrons. The summed E-state index contributed by atoms with van der Waals surface area (Å²) in [6.45, 7) is 12.0. The topological polar surface area (TPSA) is 12.0 Å². The van der Waals surface area contributed by atoms with Crippen molar-refractivity contribution in [2.75, 3.05) is 6.54 Å². The molecule has 2 rings (SSSR count). The SMILES string of the molecule is CCNC(Cc1c(C)cccc1C)c1ccc(C)c(C)c1. The van der Waals surface area contributed by atoms with Crippen molar-refractivity contribution in [1.29, 1.82) is 0 Å². The molecule has 0 aromatic heterocycles. The normalized spacial score (nSPS) is 12.4. The van der Waals surface area contributed by atoms with Crippen LogP contribution in [0.15, 0.2) is 36.4 Å². The van der Waals surface area contributed by atoms with Crippen LogP contribution in [0.3, 0.4) is 0 Å². The number of likely N-dealkylation sites (N-methyl/N-ethyl adjacent to an activating group) is 1. The number of hydrogen-bond acceptors (Lipinski definition) is 1. The lowest BCUT2D eigenvalue weighted by Gasteiger charge is -2.22. The van der Waals surface area contributed by atoms with Gasteiger partial charge in [-0.15, -0.1) is 0 Å². The Bertz CT molecular complexity index is 593. The summed E-state index contributed by atoms with van der Waals surface area (Å²) in [7, 11) is 0. The van der Waals surface area contributed by atoms with Crippen LogP contribution in [0.25, 0.3) is 0 Å². The molecule has 0 aliphatic rings. The molecule has 1 atom stereocenters. The first-order valence-electron chi connectivity index (χ1n) is 7.88. The molecule has 0 aliphatic heterocycles. The van der Waals surface area contributed by atoms with Crippen LogP contribution in [0.5, 0.6) is 0 Å². The first kappa shape index (κ1) is 15.8. The fourth-order valence-corrected chi connectivity index (χ4v) is 2.91. The van der Waals surface area contributed by atoms with E-state index in [0.717, 1.165) is 13.0 Å². The highest BCUT2D eigenvalue weighted by Gasteiger charge is 2.14. The van der Waals surface area contributed by atoms with Crippen LogP contribution in [0, 0.1) is 27.7 Å². The number of aryl methyl sites for hydroxylation is 4. The van der Waals surface area contributed by atoms with Gasteiger partial charge in [0, 0.05) is 6.04 Å². The van der Waals surface area contributed by atoms with Gasteiger partial charge in [0.1, 0.15) is 0 Å². The van der Waals surface area contributed by atoms with Gasteiger partial charge in [0.2, 0.25) is 0 Å². The Morgan fingerprint density at radius 1 is 0.857 bits per heavy atom. The minimum Gasteiger partial charge on any atom is -0.310 e. The number of benzene rings is 2. The van der Waals surface area contributed by atoms with Crippen LogP contribution < -0.4 is 5.32 Å². The van der Waals surface area contributed by atoms with E-state index in [-0.39, 0.29) is 0 Å². The Labute approximate surface area is 129 Å². The highest BCUT2D eigenvalue weighted by molar-refractivity contribution is 5.37. The predicted octanol–water partition coefficient (Wildman–Crippen LogP) is 4.81. The highest BCUT2D eigenvalue weighted by atomic mass is 14.9. The van der Waals surface area contributed by atoms with Gasteiger partial charge in [-0.25, -0.2) is 0 Å². The molecule has 1 heteroatoms. The molecule has 0 amide bonds. The van der Waals surface area contributed by atoms with Gasteiger partial charge in [0.15, 0.2) is 0 Å². The van der Waals surface area contributed by atoms with Gasteiger partial charge in [-0.05, 0) is 74.0 Å². The van der Waals surface area contributed by atoms with Gasteiger partial charge < -0.3 is 5.32 Å². The molecule has 0 bridgehead atoms. The fourth-order valence-electron chi connectivity index (χ4n) is 2.91. The molecule has 0 spiro atoms. The van der Waals surface area contributed by atoms with Crippen molar-refractivity contribution in [3.63, 3.8) is 0 Å². The second-order valence-electron chi connectivity index (χ2n) is 6.03. The summed E-state index contributed by atoms with van der Waals surface area (Å²) in [5, 5.41) is 3.65. The van der Waals surface area contributed by atoms with Gasteiger partial charge in [-0.1, -0.05) is 43.3 Å². The first-order chi connectivity index (χ1) is 10.0. The van der Waals surface area contributed by atoms with Crippen molar-refractivity contribution < 1.29 is 0 Å². The maximum Gasteiger partial charge on any atom is 0.0361 e. The second kappa shape index (κ2) is 6.91. The van der Waals surface area contributed by atoms with Crippen molar-refractivity contribution in [2.24, 2.45) is 0 Å². The molecule has 0 saturated heterocycles. The molecule has 0 heterocycles. The molecule has 2 aromatic rings. The molecule has 112 valence electrons. The van der Waals surface area contributed by atoms with Crippen molar-refractivity contribution in [2.45, 2.75) is 47.1 Å². The average molecular weight is 281 g/mol. The van der Waals surface area contributed by atoms with Crippen LogP contribution >= 0.6 is 0 Å². The van der Waals surface area contributed by atoms with E-state index >= 15 is 0 Å². The van der Waals surface area contributed by atoms with E-state index in [1.54, 1.807) is 0 Å². The third-order valence-corrected chi connectivity index (χ3v) is 4.44. The van der Waals surface area contributed by atoms with Crippen molar-refractivity contribution in [3.05, 3.63) is 69.8 Å². The largest absolute Gasteiger partial charge is 0.310 e. The third kappa shape index (κ3) is 3.74. The summed E-state index contributed by atoms with van der Waals surface area (Å²) in [5.41, 5.74) is 8.38. The monoisotopic (exact) mass is 281 g/mol. The van der Waals surface area contributed by atoms with E-state index in [9.17, 15) is 0 Å². The molecular weight excluding hydrogens is 254 g/mol. The Morgan fingerprint density at radius 2 is 1.52 bits per heavy atom. The molecule has 0 saturated carbocycles. The van der Waals surface area contributed by atoms with E-state index in [1.165, 1.54) is 33.4 Å². The van der Waals surface area contributed by atoms with Gasteiger partial charge in [0.25, 0.3) is 0 Å². The molecule has 21 heavy (non-hydrogen) atoms. The average Bonchev–Trinajstić information content (AvgIpc) is 2.45. The second-order valence-corrected chi connectivity index (χ2v) is 6.03. The molecule has 1 nitrogen and oxygen atoms in total. The van der Waals surface area contributed by atoms with Gasteiger partial charge >= 0.3 is 0 Å². The lowest BCUT2D eigenvalue weighted by molar-refractivity contribution is 0.547. The molecule has 1 unspecified atom stereocenters. The minimum absolute atomic E-state index is 0.383. The maximum absolute atomic E-state index is 3.65. The van der Waals surface area contributed by atoms with Gasteiger partial charge in [-0.3, -0.25) is 0 Å². The zero-order valence-corrected chi connectivity index (χ0v) is 14.0. The highest BCUT2D eigenvalue weighted by Crippen LogP contribution is 2.24. The van der Waals surface area contributed by atoms with E-state index in [2.05, 4.69) is 76.3 Å². The Morgan fingerprint density at radius 3 is 2.10 bits per heavy atom. The lowest BCUT2D eigenvalue weighted by atomic mass is 9.91. The Balaban J connectivity index is 2.33. The molecule has 1 N–H and O–H groups in total. The van der Waals surface area contributed by atoms with Gasteiger partial charge in [0.05, 0.1) is 0 Å². The zero-order chi connectivity index (χ0) is 15.4. The third-order valence-electron chi connectivity index (χ3n) is 4.44. The van der Waals surface area contributed by atoms with Crippen molar-refractivity contribution in [1.82, 2.24) is 5.32 Å². The summed E-state index contributed by atoms with van der Waals surface area (Å²) in [6.07, 6.45) is 1.05. The van der Waals surface area contributed by atoms with Crippen LogP contribution in [0.2, 0.25) is 0 Å². The molecule has 2 aromatic carbocycles. The standard InChI is InChI=1S/C20H27N/c1-6-21-20(18-11-10-14(2)17(5)12-18)13-19-15(3)8-7-9-16(19)4/h7-12,20-21H,6,13H2,1-5H3. The smallest absolute Gasteiger partial charge is 0.0361 e. The molecule has 0 fully saturated rings. The van der Waals surface area contributed by atoms with E-state index in [1.807, 2.05) is 0 Å². The van der Waals surface area contributed by atoms with E-state index < -0.39 is 0 Å². The number of hydrogen-bond donors (Lipinski definition) is 1. The first-order valence-corrected chi connectivity index (χ1v) is 7.88. The molecule has 0 aliphatic carbocycles. The predicted molar refractivity (Wildman–Crippen MR) is 92.0 cm³/mol. The summed E-state index contributed by atoms with van der Waals surface area (Å²) in [5.74, 6) is 0. The Kier molecular flexibility index (Phi) is 5.19. The lowest BCUT2D eigenvalue weighted by Crippen LogP contribution is -2.23. The summed E-state index contributed by atoms with van der Waals surface area (Å²) >= 11 is 0. The minimum atomic E-state index is 0.383. The zero-order valence-electron chi connectivity index (χ0n) is 14.0. The summed E-state index contributed by atoms with van der Waals surface area (Å²) in [4.78, 5) is 0. The van der Waals surface area contributed by atoms with Crippen LogP contribution in [-0.2, 0) is 6.42 Å². The Hall–Kier alpha value is -1.60. The van der Waals surface area contributed by atoms with Gasteiger partial charge in [-0.2, -0.15) is 0 Å². The quantitative estimate of drug-likeness (QED) is 0.829. The van der Waals surface area contributed by atoms with Crippen molar-refractivity contribution in [3.8, 4) is 0 Å². The summed E-state index contributed by atoms with van der Waals surface area (Å²) < 4.78 is 0. The maximum atomic E-state index is 3.65. The summed E-state index contributed by atoms with van der Waals surface area (Å²) in [6, 6.07) is 13.8. The number of rotatable bonds is 5. The number of nitrogens with one attached hydrogen (secondary N) is 1. The van der Waals surface area contributed by atoms with Crippen LogP contribution in [0.1, 0.15) is 46.3 Å². The van der Waals surface area contributed by atoms with E-state index in [0.29, 0.717) is 6.04 Å². The van der Waals surface area contributed by atoms with Crippen molar-refractivity contribution >= 4 is 0 Å².